The second-order valence-electron chi connectivity index (χ2n) is 4.37. The summed E-state index contributed by atoms with van der Waals surface area (Å²) in [6, 6.07) is 4.96. The molecule has 1 aromatic rings. The second kappa shape index (κ2) is 6.13. The Balaban J connectivity index is 2.33. The van der Waals surface area contributed by atoms with Crippen LogP contribution in [-0.4, -0.2) is 44.6 Å². The smallest absolute Gasteiger partial charge is 0.129 e. The van der Waals surface area contributed by atoms with E-state index in [2.05, 4.69) is 5.32 Å². The van der Waals surface area contributed by atoms with Gasteiger partial charge in [0.05, 0.1) is 25.9 Å². The van der Waals surface area contributed by atoms with Gasteiger partial charge in [-0.05, 0) is 19.2 Å². The summed E-state index contributed by atoms with van der Waals surface area (Å²) in [6.45, 7) is 2.23. The minimum Gasteiger partial charge on any atom is -0.394 e. The van der Waals surface area contributed by atoms with Gasteiger partial charge < -0.3 is 20.1 Å². The molecule has 0 aliphatic carbocycles. The third-order valence-electron chi connectivity index (χ3n) is 3.20. The van der Waals surface area contributed by atoms with Crippen molar-refractivity contribution in [3.8, 4) is 0 Å². The van der Waals surface area contributed by atoms with Gasteiger partial charge in [-0.15, -0.1) is 0 Å². The fourth-order valence-corrected chi connectivity index (χ4v) is 2.29. The molecule has 1 saturated heterocycles. The van der Waals surface area contributed by atoms with Crippen molar-refractivity contribution in [2.75, 3.05) is 38.3 Å². The number of nitrogens with zero attached hydrogens (tertiary/aromatic N) is 1. The number of nitrogens with one attached hydrogen (secondary N) is 1. The summed E-state index contributed by atoms with van der Waals surface area (Å²) in [5.74, 6) is -0.218. The third kappa shape index (κ3) is 2.63. The molecule has 0 amide bonds. The quantitative estimate of drug-likeness (QED) is 0.832. The van der Waals surface area contributed by atoms with E-state index in [1.165, 1.54) is 6.07 Å². The number of ether oxygens (including phenoxy) is 1. The number of halogens is 1. The van der Waals surface area contributed by atoms with E-state index in [4.69, 9.17) is 4.74 Å². The number of rotatable bonds is 4. The predicted octanol–water partition coefficient (Wildman–Crippen LogP) is 0.743. The molecule has 18 heavy (non-hydrogen) atoms. The Labute approximate surface area is 106 Å². The van der Waals surface area contributed by atoms with E-state index in [1.54, 1.807) is 13.1 Å². The predicted molar refractivity (Wildman–Crippen MR) is 68.2 cm³/mol. The molecule has 0 saturated carbocycles. The first kappa shape index (κ1) is 13.3. The van der Waals surface area contributed by atoms with Gasteiger partial charge >= 0.3 is 0 Å². The van der Waals surface area contributed by atoms with Gasteiger partial charge in [0.25, 0.3) is 0 Å². The van der Waals surface area contributed by atoms with Gasteiger partial charge in [0.15, 0.2) is 0 Å². The van der Waals surface area contributed by atoms with Crippen LogP contribution in [-0.2, 0) is 11.3 Å². The molecule has 1 heterocycles. The van der Waals surface area contributed by atoms with Gasteiger partial charge in [-0.2, -0.15) is 0 Å². The van der Waals surface area contributed by atoms with Crippen LogP contribution < -0.4 is 10.2 Å². The Morgan fingerprint density at radius 3 is 3.11 bits per heavy atom. The summed E-state index contributed by atoms with van der Waals surface area (Å²) in [4.78, 5) is 2.03. The van der Waals surface area contributed by atoms with Crippen LogP contribution in [0.1, 0.15) is 5.56 Å². The third-order valence-corrected chi connectivity index (χ3v) is 3.20. The number of aliphatic hydroxyl groups excluding tert-OH is 1. The lowest BCUT2D eigenvalue weighted by molar-refractivity contribution is 0.0726. The van der Waals surface area contributed by atoms with Crippen LogP contribution in [0.2, 0.25) is 0 Å². The van der Waals surface area contributed by atoms with Crippen LogP contribution in [0.15, 0.2) is 18.2 Å². The first-order valence-electron chi connectivity index (χ1n) is 6.15. The van der Waals surface area contributed by atoms with Crippen molar-refractivity contribution in [1.82, 2.24) is 5.32 Å². The number of anilines is 1. The summed E-state index contributed by atoms with van der Waals surface area (Å²) in [6.07, 6.45) is 0. The molecular formula is C13H19FN2O2. The monoisotopic (exact) mass is 254 g/mol. The minimum atomic E-state index is -0.218. The summed E-state index contributed by atoms with van der Waals surface area (Å²) >= 11 is 0. The molecule has 5 heteroatoms. The first-order chi connectivity index (χ1) is 8.77. The molecule has 4 nitrogen and oxygen atoms in total. The molecule has 0 bridgehead atoms. The standard InChI is InChI=1S/C13H19FN2O2/c1-15-7-11-12(14)3-2-4-13(11)16-5-6-18-9-10(16)8-17/h2-4,10,15,17H,5-9H2,1H3. The van der Waals surface area contributed by atoms with E-state index in [0.29, 0.717) is 31.9 Å². The molecular weight excluding hydrogens is 235 g/mol. The van der Waals surface area contributed by atoms with Crippen molar-refractivity contribution in [2.24, 2.45) is 0 Å². The van der Waals surface area contributed by atoms with Crippen molar-refractivity contribution in [2.45, 2.75) is 12.6 Å². The Bertz CT molecular complexity index is 401. The average molecular weight is 254 g/mol. The Morgan fingerprint density at radius 2 is 2.39 bits per heavy atom. The topological polar surface area (TPSA) is 44.7 Å². The Morgan fingerprint density at radius 1 is 1.56 bits per heavy atom. The number of benzene rings is 1. The zero-order chi connectivity index (χ0) is 13.0. The molecule has 1 aliphatic rings. The van der Waals surface area contributed by atoms with Crippen molar-refractivity contribution >= 4 is 5.69 Å². The maximum absolute atomic E-state index is 13.9. The second-order valence-corrected chi connectivity index (χ2v) is 4.37. The highest BCUT2D eigenvalue weighted by molar-refractivity contribution is 5.55. The van der Waals surface area contributed by atoms with E-state index in [1.807, 2.05) is 11.0 Å². The minimum absolute atomic E-state index is 0.00943. The van der Waals surface area contributed by atoms with Gasteiger partial charge in [0.2, 0.25) is 0 Å². The van der Waals surface area contributed by atoms with Crippen LogP contribution in [0.5, 0.6) is 0 Å². The Hall–Kier alpha value is -1.17. The highest BCUT2D eigenvalue weighted by Gasteiger charge is 2.25. The van der Waals surface area contributed by atoms with E-state index in [9.17, 15) is 9.50 Å². The van der Waals surface area contributed by atoms with Gasteiger partial charge in [-0.25, -0.2) is 4.39 Å². The average Bonchev–Trinajstić information content (AvgIpc) is 2.41. The van der Waals surface area contributed by atoms with Gasteiger partial charge in [-0.1, -0.05) is 6.07 Å². The molecule has 1 atom stereocenters. The van der Waals surface area contributed by atoms with Gasteiger partial charge in [0, 0.05) is 24.3 Å². The largest absolute Gasteiger partial charge is 0.394 e. The molecule has 0 aromatic heterocycles. The van der Waals surface area contributed by atoms with Gasteiger partial charge in [0.1, 0.15) is 5.82 Å². The molecule has 1 fully saturated rings. The normalized spacial score (nSPS) is 20.2. The lowest BCUT2D eigenvalue weighted by Crippen LogP contribution is -2.48. The van der Waals surface area contributed by atoms with Gasteiger partial charge in [-0.3, -0.25) is 0 Å². The van der Waals surface area contributed by atoms with Crippen molar-refractivity contribution in [1.29, 1.82) is 0 Å². The molecule has 1 unspecified atom stereocenters. The summed E-state index contributed by atoms with van der Waals surface area (Å²) < 4.78 is 19.2. The molecule has 2 rings (SSSR count). The maximum atomic E-state index is 13.9. The first-order valence-corrected chi connectivity index (χ1v) is 6.15. The number of hydrogen-bond donors (Lipinski definition) is 2. The summed E-state index contributed by atoms with van der Waals surface area (Å²) in [5.41, 5.74) is 1.48. The number of morpholine rings is 1. The Kier molecular flexibility index (Phi) is 4.52. The zero-order valence-electron chi connectivity index (χ0n) is 10.5. The maximum Gasteiger partial charge on any atom is 0.129 e. The lowest BCUT2D eigenvalue weighted by Gasteiger charge is -2.37. The highest BCUT2D eigenvalue weighted by Crippen LogP contribution is 2.26. The lowest BCUT2D eigenvalue weighted by atomic mass is 10.1. The van der Waals surface area contributed by atoms with E-state index in [-0.39, 0.29) is 18.5 Å². The summed E-state index contributed by atoms with van der Waals surface area (Å²) in [5, 5.41) is 12.4. The van der Waals surface area contributed by atoms with Crippen LogP contribution in [0.3, 0.4) is 0 Å². The number of aliphatic hydroxyl groups is 1. The molecule has 1 aromatic carbocycles. The SMILES string of the molecule is CNCc1c(F)cccc1N1CCOCC1CO. The van der Waals surface area contributed by atoms with Crippen molar-refractivity contribution < 1.29 is 14.2 Å². The van der Waals surface area contributed by atoms with Crippen LogP contribution in [0.4, 0.5) is 10.1 Å². The summed E-state index contributed by atoms with van der Waals surface area (Å²) in [7, 11) is 1.79. The number of hydrogen-bond acceptors (Lipinski definition) is 4. The molecule has 100 valence electrons. The molecule has 0 spiro atoms. The molecule has 2 N–H and O–H groups in total. The van der Waals surface area contributed by atoms with Crippen LogP contribution >= 0.6 is 0 Å². The molecule has 1 aliphatic heterocycles. The van der Waals surface area contributed by atoms with Crippen LogP contribution in [0.25, 0.3) is 0 Å². The zero-order valence-corrected chi connectivity index (χ0v) is 10.5. The van der Waals surface area contributed by atoms with E-state index >= 15 is 0 Å². The highest BCUT2D eigenvalue weighted by atomic mass is 19.1. The fraction of sp³-hybridized carbons (Fsp3) is 0.538. The van der Waals surface area contributed by atoms with Crippen LogP contribution in [0, 0.1) is 5.82 Å². The van der Waals surface area contributed by atoms with Crippen molar-refractivity contribution in [3.63, 3.8) is 0 Å². The van der Waals surface area contributed by atoms with Crippen molar-refractivity contribution in [3.05, 3.63) is 29.6 Å². The van der Waals surface area contributed by atoms with E-state index in [0.717, 1.165) is 5.69 Å². The molecule has 0 radical (unpaired) electrons. The fourth-order valence-electron chi connectivity index (χ4n) is 2.29. The van der Waals surface area contributed by atoms with E-state index < -0.39 is 0 Å².